The molecule has 0 fully saturated rings. The molecule has 0 aliphatic carbocycles. The Labute approximate surface area is 85.8 Å². The van der Waals surface area contributed by atoms with E-state index in [-0.39, 0.29) is 0 Å². The van der Waals surface area contributed by atoms with E-state index in [4.69, 9.17) is 0 Å². The summed E-state index contributed by atoms with van der Waals surface area (Å²) in [6, 6.07) is 3.47. The number of ether oxygens (including phenoxy) is 1. The third kappa shape index (κ3) is 4.76. The minimum absolute atomic E-state index is 0.533. The maximum atomic E-state index is 11.8. The molecule has 0 bridgehead atoms. The zero-order chi connectivity index (χ0) is 12.4. The highest BCUT2D eigenvalue weighted by atomic mass is 19.4. The van der Waals surface area contributed by atoms with E-state index in [2.05, 4.69) is 4.74 Å². The molecule has 2 nitrogen and oxygen atoms in total. The average Bonchev–Trinajstić information content (AvgIpc) is 1.96. The van der Waals surface area contributed by atoms with Crippen LogP contribution in [0.1, 0.15) is 0 Å². The van der Waals surface area contributed by atoms with Gasteiger partial charge in [0.25, 0.3) is 0 Å². The molecule has 0 heterocycles. The third-order valence-electron chi connectivity index (χ3n) is 1.35. The molecule has 0 amide bonds. The van der Waals surface area contributed by atoms with Crippen LogP contribution in [0.15, 0.2) is 24.3 Å². The standard InChI is InChI=1S/C8H5F6NO/c9-7(10,11)15-5-2-1-3-6(4-5)16-8(12,13)14/h1-4,15H. The smallest absolute Gasteiger partial charge is 0.406 e. The van der Waals surface area contributed by atoms with Gasteiger partial charge in [0.1, 0.15) is 5.75 Å². The van der Waals surface area contributed by atoms with Crippen molar-refractivity contribution in [1.82, 2.24) is 0 Å². The van der Waals surface area contributed by atoms with Crippen LogP contribution in [0.3, 0.4) is 0 Å². The fraction of sp³-hybridized carbons (Fsp3) is 0.250. The van der Waals surface area contributed by atoms with Crippen LogP contribution in [-0.2, 0) is 0 Å². The molecule has 0 saturated heterocycles. The van der Waals surface area contributed by atoms with Gasteiger partial charge in [-0.25, -0.2) is 0 Å². The second kappa shape index (κ2) is 4.11. The monoisotopic (exact) mass is 245 g/mol. The maximum Gasteiger partial charge on any atom is 0.573 e. The summed E-state index contributed by atoms with van der Waals surface area (Å²) in [5.41, 5.74) is -0.533. The fourth-order valence-electron chi connectivity index (χ4n) is 0.935. The summed E-state index contributed by atoms with van der Waals surface area (Å²) in [6.45, 7) is 0. The van der Waals surface area contributed by atoms with Crippen molar-refractivity contribution in [2.75, 3.05) is 5.32 Å². The minimum Gasteiger partial charge on any atom is -0.406 e. The Hall–Kier alpha value is -1.60. The Morgan fingerprint density at radius 2 is 1.62 bits per heavy atom. The van der Waals surface area contributed by atoms with Gasteiger partial charge in [-0.15, -0.1) is 13.2 Å². The normalized spacial score (nSPS) is 12.4. The largest absolute Gasteiger partial charge is 0.573 e. The van der Waals surface area contributed by atoms with Crippen molar-refractivity contribution in [3.05, 3.63) is 24.3 Å². The van der Waals surface area contributed by atoms with Crippen LogP contribution >= 0.6 is 0 Å². The molecular weight excluding hydrogens is 240 g/mol. The molecule has 1 rings (SSSR count). The summed E-state index contributed by atoms with van der Waals surface area (Å²) >= 11 is 0. The van der Waals surface area contributed by atoms with Gasteiger partial charge < -0.3 is 4.74 Å². The maximum absolute atomic E-state index is 11.8. The van der Waals surface area contributed by atoms with E-state index < -0.39 is 24.1 Å². The van der Waals surface area contributed by atoms with Crippen LogP contribution in [0, 0.1) is 0 Å². The van der Waals surface area contributed by atoms with Crippen molar-refractivity contribution >= 4 is 5.69 Å². The zero-order valence-corrected chi connectivity index (χ0v) is 7.49. The first-order chi connectivity index (χ1) is 7.16. The Morgan fingerprint density at radius 3 is 2.12 bits per heavy atom. The van der Waals surface area contributed by atoms with E-state index in [1.54, 1.807) is 0 Å². The summed E-state index contributed by atoms with van der Waals surface area (Å²) < 4.78 is 74.2. The number of hydrogen-bond acceptors (Lipinski definition) is 2. The van der Waals surface area contributed by atoms with Crippen molar-refractivity contribution < 1.29 is 31.1 Å². The molecule has 1 aromatic rings. The SMILES string of the molecule is FC(F)(F)Nc1cccc(OC(F)(F)F)c1. The van der Waals surface area contributed by atoms with Crippen molar-refractivity contribution in [1.29, 1.82) is 0 Å². The average molecular weight is 245 g/mol. The van der Waals surface area contributed by atoms with E-state index in [0.717, 1.165) is 23.5 Å². The Bertz CT molecular complexity index is 327. The van der Waals surface area contributed by atoms with Crippen LogP contribution in [0.5, 0.6) is 5.75 Å². The Balaban J connectivity index is 2.79. The number of halogens is 6. The van der Waals surface area contributed by atoms with Gasteiger partial charge in [0.2, 0.25) is 0 Å². The molecule has 0 unspecified atom stereocenters. The van der Waals surface area contributed by atoms with Crippen molar-refractivity contribution in [2.24, 2.45) is 0 Å². The molecule has 0 spiro atoms. The number of benzene rings is 1. The van der Waals surface area contributed by atoms with Crippen LogP contribution in [0.2, 0.25) is 0 Å². The molecule has 0 atom stereocenters. The first-order valence-corrected chi connectivity index (χ1v) is 3.86. The van der Waals surface area contributed by atoms with Crippen LogP contribution in [0.25, 0.3) is 0 Å². The van der Waals surface area contributed by atoms with Gasteiger partial charge in [-0.1, -0.05) is 6.07 Å². The van der Waals surface area contributed by atoms with Crippen molar-refractivity contribution in [2.45, 2.75) is 12.7 Å². The van der Waals surface area contributed by atoms with E-state index in [1.165, 1.54) is 0 Å². The molecule has 0 saturated carbocycles. The van der Waals surface area contributed by atoms with Crippen LogP contribution < -0.4 is 10.1 Å². The minimum atomic E-state index is -4.93. The number of rotatable bonds is 2. The number of nitrogens with one attached hydrogen (secondary N) is 1. The Morgan fingerprint density at radius 1 is 1.00 bits per heavy atom. The van der Waals surface area contributed by atoms with Crippen molar-refractivity contribution in [3.8, 4) is 5.75 Å². The van der Waals surface area contributed by atoms with E-state index in [9.17, 15) is 26.3 Å². The highest BCUT2D eigenvalue weighted by molar-refractivity contribution is 5.48. The van der Waals surface area contributed by atoms with Gasteiger partial charge in [-0.3, -0.25) is 5.32 Å². The lowest BCUT2D eigenvalue weighted by Gasteiger charge is -2.12. The summed E-state index contributed by atoms with van der Waals surface area (Å²) in [4.78, 5) is 0. The molecule has 1 aromatic carbocycles. The molecule has 0 aliphatic heterocycles. The zero-order valence-electron chi connectivity index (χ0n) is 7.49. The van der Waals surface area contributed by atoms with Crippen molar-refractivity contribution in [3.63, 3.8) is 0 Å². The fourth-order valence-corrected chi connectivity index (χ4v) is 0.935. The lowest BCUT2D eigenvalue weighted by Crippen LogP contribution is -2.21. The van der Waals surface area contributed by atoms with Gasteiger partial charge in [0.15, 0.2) is 0 Å². The lowest BCUT2D eigenvalue weighted by molar-refractivity contribution is -0.274. The van der Waals surface area contributed by atoms with Gasteiger partial charge in [0, 0.05) is 11.8 Å². The molecular formula is C8H5F6NO. The van der Waals surface area contributed by atoms with Gasteiger partial charge in [-0.05, 0) is 12.1 Å². The molecule has 1 N–H and O–H groups in total. The van der Waals surface area contributed by atoms with Gasteiger partial charge in [0.05, 0.1) is 0 Å². The van der Waals surface area contributed by atoms with Gasteiger partial charge >= 0.3 is 12.7 Å². The molecule has 8 heteroatoms. The molecule has 0 aromatic heterocycles. The summed E-state index contributed by atoms with van der Waals surface area (Å²) in [6.07, 6.45) is -9.65. The molecule has 0 aliphatic rings. The van der Waals surface area contributed by atoms with Gasteiger partial charge in [-0.2, -0.15) is 13.2 Å². The van der Waals surface area contributed by atoms with Crippen LogP contribution in [-0.4, -0.2) is 12.7 Å². The molecule has 0 radical (unpaired) electrons. The quantitative estimate of drug-likeness (QED) is 0.635. The summed E-state index contributed by atoms with van der Waals surface area (Å²) in [5.74, 6) is -0.721. The predicted molar refractivity (Wildman–Crippen MR) is 42.8 cm³/mol. The second-order valence-corrected chi connectivity index (χ2v) is 2.70. The predicted octanol–water partition coefficient (Wildman–Crippen LogP) is 3.52. The topological polar surface area (TPSA) is 21.3 Å². The Kier molecular flexibility index (Phi) is 3.20. The van der Waals surface area contributed by atoms with E-state index in [1.807, 2.05) is 0 Å². The highest BCUT2D eigenvalue weighted by Gasteiger charge is 2.32. The third-order valence-corrected chi connectivity index (χ3v) is 1.35. The second-order valence-electron chi connectivity index (χ2n) is 2.70. The van der Waals surface area contributed by atoms with E-state index in [0.29, 0.717) is 6.07 Å². The summed E-state index contributed by atoms with van der Waals surface area (Å²) in [7, 11) is 0. The number of alkyl halides is 6. The molecule has 90 valence electrons. The number of anilines is 1. The highest BCUT2D eigenvalue weighted by Crippen LogP contribution is 2.27. The molecule has 16 heavy (non-hydrogen) atoms. The summed E-state index contributed by atoms with van der Waals surface area (Å²) in [5, 5.41) is 1.06. The lowest BCUT2D eigenvalue weighted by atomic mass is 10.3. The first kappa shape index (κ1) is 12.5. The first-order valence-electron chi connectivity index (χ1n) is 3.86. The van der Waals surface area contributed by atoms with E-state index >= 15 is 0 Å². The van der Waals surface area contributed by atoms with Crippen LogP contribution in [0.4, 0.5) is 32.0 Å². The number of hydrogen-bond donors (Lipinski definition) is 1.